The Hall–Kier alpha value is -3.15. The van der Waals surface area contributed by atoms with Crippen molar-refractivity contribution in [2.24, 2.45) is 0 Å². The molecule has 224 valence electrons. The number of quaternary nitrogens is 1. The first-order chi connectivity index (χ1) is 18.8. The maximum Gasteiger partial charge on any atom is 0.200 e. The van der Waals surface area contributed by atoms with Gasteiger partial charge >= 0.3 is 0 Å². The van der Waals surface area contributed by atoms with Gasteiger partial charge in [-0.2, -0.15) is 0 Å². The second kappa shape index (κ2) is 18.2. The number of likely N-dealkylation sites (N-methyl/N-ethyl adjacent to an activating group) is 1. The van der Waals surface area contributed by atoms with E-state index >= 15 is 0 Å². The number of rotatable bonds is 18. The highest BCUT2D eigenvalue weighted by Crippen LogP contribution is 2.38. The van der Waals surface area contributed by atoms with Crippen molar-refractivity contribution in [1.29, 1.82) is 0 Å². The molecule has 2 aromatic rings. The highest BCUT2D eigenvalue weighted by atomic mass is 35.5. The summed E-state index contributed by atoms with van der Waals surface area (Å²) in [6, 6.07) is 6.88. The summed E-state index contributed by atoms with van der Waals surface area (Å²) in [7, 11) is 8.02. The average molecular weight is 584 g/mol. The van der Waals surface area contributed by atoms with Crippen molar-refractivity contribution in [1.82, 2.24) is 0 Å². The summed E-state index contributed by atoms with van der Waals surface area (Å²) in [6.45, 7) is 3.99. The van der Waals surface area contributed by atoms with Crippen LogP contribution in [0.25, 0.3) is 12.2 Å². The van der Waals surface area contributed by atoms with Crippen molar-refractivity contribution >= 4 is 12.2 Å². The van der Waals surface area contributed by atoms with Gasteiger partial charge in [-0.3, -0.25) is 0 Å². The predicted molar refractivity (Wildman–Crippen MR) is 150 cm³/mol. The van der Waals surface area contributed by atoms with Crippen LogP contribution in [0.15, 0.2) is 36.4 Å². The predicted octanol–water partition coefficient (Wildman–Crippen LogP) is 0.335. The molecule has 0 spiro atoms. The van der Waals surface area contributed by atoms with Crippen LogP contribution in [-0.2, 0) is 9.47 Å². The topological polar surface area (TPSA) is 116 Å². The molecule has 0 aliphatic rings. The Kier molecular flexibility index (Phi) is 15.9. The Balaban J connectivity index is 0.00000800. The van der Waals surface area contributed by atoms with Gasteiger partial charge in [-0.05, 0) is 35.4 Å². The van der Waals surface area contributed by atoms with Gasteiger partial charge in [-0.25, -0.2) is 0 Å². The largest absolute Gasteiger partial charge is 1.00 e. The quantitative estimate of drug-likeness (QED) is 0.169. The first-order valence-corrected chi connectivity index (χ1v) is 12.6. The number of hydrogen-bond donors (Lipinski definition) is 3. The SMILES string of the molecule is COc1cc(/C=C/COCC[N+](C)(CCO)CCOC/C=C/c2cc(OC)c(O)c(OC)c2)cc(OC)c1O.[Cl-]. The molecule has 40 heavy (non-hydrogen) atoms. The summed E-state index contributed by atoms with van der Waals surface area (Å²) in [4.78, 5) is 0. The van der Waals surface area contributed by atoms with E-state index in [1.807, 2.05) is 24.3 Å². The molecule has 0 amide bonds. The maximum absolute atomic E-state index is 10.0. The number of benzene rings is 2. The molecule has 0 aliphatic heterocycles. The van der Waals surface area contributed by atoms with E-state index in [1.54, 1.807) is 24.3 Å². The summed E-state index contributed by atoms with van der Waals surface area (Å²) in [5, 5.41) is 29.6. The lowest BCUT2D eigenvalue weighted by atomic mass is 10.1. The van der Waals surface area contributed by atoms with Gasteiger partial charge in [0, 0.05) is 0 Å². The smallest absolute Gasteiger partial charge is 0.200 e. The number of aliphatic hydroxyl groups excluding tert-OH is 1. The lowest BCUT2D eigenvalue weighted by Crippen LogP contribution is -3.00. The molecule has 2 aromatic carbocycles. The molecule has 0 atom stereocenters. The van der Waals surface area contributed by atoms with E-state index in [9.17, 15) is 15.3 Å². The average Bonchev–Trinajstić information content (AvgIpc) is 2.93. The van der Waals surface area contributed by atoms with Crippen molar-refractivity contribution in [3.8, 4) is 34.5 Å². The van der Waals surface area contributed by atoms with Crippen molar-refractivity contribution in [2.45, 2.75) is 0 Å². The molecule has 0 bridgehead atoms. The summed E-state index contributed by atoms with van der Waals surface area (Å²) in [6.07, 6.45) is 7.52. The molecule has 0 fully saturated rings. The van der Waals surface area contributed by atoms with Crippen molar-refractivity contribution in [3.63, 3.8) is 0 Å². The molecule has 0 radical (unpaired) electrons. The van der Waals surface area contributed by atoms with E-state index in [0.29, 0.717) is 60.5 Å². The lowest BCUT2D eigenvalue weighted by Gasteiger charge is -2.33. The number of hydrogen-bond acceptors (Lipinski definition) is 9. The van der Waals surface area contributed by atoms with E-state index in [1.165, 1.54) is 28.4 Å². The van der Waals surface area contributed by atoms with Gasteiger partial charge in [0.2, 0.25) is 11.5 Å². The minimum atomic E-state index is -0.0342. The third-order valence-corrected chi connectivity index (χ3v) is 6.24. The van der Waals surface area contributed by atoms with Crippen LogP contribution in [0.2, 0.25) is 0 Å². The highest BCUT2D eigenvalue weighted by molar-refractivity contribution is 5.62. The molecular formula is C29H42ClNO9. The first-order valence-electron chi connectivity index (χ1n) is 12.6. The summed E-state index contributed by atoms with van der Waals surface area (Å²) in [5.74, 6) is 1.29. The van der Waals surface area contributed by atoms with Gasteiger partial charge in [0.1, 0.15) is 19.6 Å². The van der Waals surface area contributed by atoms with Crippen LogP contribution >= 0.6 is 0 Å². The van der Waals surface area contributed by atoms with E-state index < -0.39 is 0 Å². The van der Waals surface area contributed by atoms with Crippen LogP contribution in [0, 0.1) is 0 Å². The van der Waals surface area contributed by atoms with Gasteiger partial charge in [-0.1, -0.05) is 24.3 Å². The van der Waals surface area contributed by atoms with Crippen LogP contribution in [0.3, 0.4) is 0 Å². The molecule has 0 aromatic heterocycles. The summed E-state index contributed by atoms with van der Waals surface area (Å²) >= 11 is 0. The second-order valence-corrected chi connectivity index (χ2v) is 9.02. The number of phenols is 2. The number of aliphatic hydroxyl groups is 1. The minimum Gasteiger partial charge on any atom is -1.00 e. The summed E-state index contributed by atoms with van der Waals surface area (Å²) < 4.78 is 32.9. The molecule has 0 saturated carbocycles. The van der Waals surface area contributed by atoms with Gasteiger partial charge in [0.15, 0.2) is 23.0 Å². The zero-order valence-electron chi connectivity index (χ0n) is 23.9. The molecule has 0 saturated heterocycles. The molecule has 2 rings (SSSR count). The number of methoxy groups -OCH3 is 4. The van der Waals surface area contributed by atoms with Crippen molar-refractivity contribution < 1.29 is 60.6 Å². The number of ether oxygens (including phenoxy) is 6. The Morgan fingerprint density at radius 3 is 1.30 bits per heavy atom. The Morgan fingerprint density at radius 1 is 0.650 bits per heavy atom. The van der Waals surface area contributed by atoms with Crippen molar-refractivity contribution in [2.75, 3.05) is 88.2 Å². The lowest BCUT2D eigenvalue weighted by molar-refractivity contribution is -0.910. The van der Waals surface area contributed by atoms with Gasteiger partial charge in [-0.15, -0.1) is 0 Å². The highest BCUT2D eigenvalue weighted by Gasteiger charge is 2.20. The van der Waals surface area contributed by atoms with E-state index in [-0.39, 0.29) is 30.5 Å². The maximum atomic E-state index is 10.0. The molecule has 0 heterocycles. The zero-order valence-corrected chi connectivity index (χ0v) is 24.6. The van der Waals surface area contributed by atoms with Crippen LogP contribution < -0.4 is 31.4 Å². The molecule has 11 heteroatoms. The van der Waals surface area contributed by atoms with Crippen LogP contribution in [-0.4, -0.2) is 108 Å². The fraction of sp³-hybridized carbons (Fsp3) is 0.448. The molecule has 0 unspecified atom stereocenters. The van der Waals surface area contributed by atoms with Gasteiger partial charge in [0.25, 0.3) is 0 Å². The normalized spacial score (nSPS) is 11.6. The van der Waals surface area contributed by atoms with E-state index in [4.69, 9.17) is 28.4 Å². The Bertz CT molecular complexity index is 962. The van der Waals surface area contributed by atoms with Crippen molar-refractivity contribution in [3.05, 3.63) is 47.5 Å². The third-order valence-electron chi connectivity index (χ3n) is 6.24. The van der Waals surface area contributed by atoms with Crippen LogP contribution in [0.4, 0.5) is 0 Å². The van der Waals surface area contributed by atoms with Gasteiger partial charge < -0.3 is 60.6 Å². The third kappa shape index (κ3) is 10.8. The minimum absolute atomic E-state index is 0. The van der Waals surface area contributed by atoms with Gasteiger partial charge in [0.05, 0.1) is 68.5 Å². The van der Waals surface area contributed by atoms with Crippen LogP contribution in [0.5, 0.6) is 34.5 Å². The Morgan fingerprint density at radius 2 is 1.00 bits per heavy atom. The molecule has 3 N–H and O–H groups in total. The second-order valence-electron chi connectivity index (χ2n) is 9.02. The fourth-order valence-corrected chi connectivity index (χ4v) is 3.84. The van der Waals surface area contributed by atoms with Crippen LogP contribution in [0.1, 0.15) is 11.1 Å². The van der Waals surface area contributed by atoms with E-state index in [2.05, 4.69) is 7.05 Å². The number of halogens is 1. The number of nitrogens with zero attached hydrogens (tertiary/aromatic N) is 1. The Labute approximate surface area is 243 Å². The monoisotopic (exact) mass is 583 g/mol. The molecule has 10 nitrogen and oxygen atoms in total. The standard InChI is InChI=1S/C29H41NO9.ClH/c1-30(10-13-31,11-16-38-14-6-8-22-18-24(34-2)28(32)25(19-22)35-3)12-17-39-15-7-9-23-20-26(36-4)29(33)27(21-23)37-5;/h6-9,18-21,31H,10-17H2,1-5H3,(H-,32,33);1H/b8-6+,9-7+;. The molecular weight excluding hydrogens is 542 g/mol. The molecule has 0 aliphatic carbocycles. The summed E-state index contributed by atoms with van der Waals surface area (Å²) in [5.41, 5.74) is 1.64. The number of aromatic hydroxyl groups is 2. The fourth-order valence-electron chi connectivity index (χ4n) is 3.84. The van der Waals surface area contributed by atoms with E-state index in [0.717, 1.165) is 24.2 Å². The zero-order chi connectivity index (χ0) is 28.7. The first kappa shape index (κ1) is 34.9. The number of phenolic OH excluding ortho intramolecular Hbond substituents is 2.